The number of hydrogen-bond donors (Lipinski definition) is 0. The first-order valence-corrected chi connectivity index (χ1v) is 8.53. The number of hydrogen-bond acceptors (Lipinski definition) is 2. The zero-order valence-electron chi connectivity index (χ0n) is 11.6. The number of carbonyl (C=O) groups excluding carboxylic acids is 1. The molecule has 2 aliphatic rings. The number of fused-ring (bicyclic) bond motifs is 1. The topological polar surface area (TPSA) is 17.1 Å². The average molecular weight is 274 g/mol. The Hall–Kier alpha value is -0.760. The molecule has 0 amide bonds. The highest BCUT2D eigenvalue weighted by Crippen LogP contribution is 2.43. The third-order valence-corrected chi connectivity index (χ3v) is 5.99. The Morgan fingerprint density at radius 1 is 1.32 bits per heavy atom. The highest BCUT2D eigenvalue weighted by molar-refractivity contribution is 7.99. The van der Waals surface area contributed by atoms with Crippen LogP contribution in [0, 0.1) is 11.8 Å². The van der Waals surface area contributed by atoms with Gasteiger partial charge < -0.3 is 0 Å². The lowest BCUT2D eigenvalue weighted by atomic mass is 9.75. The van der Waals surface area contributed by atoms with Gasteiger partial charge in [0.15, 0.2) is 0 Å². The molecule has 1 nitrogen and oxygen atoms in total. The van der Waals surface area contributed by atoms with Crippen molar-refractivity contribution in [2.75, 3.05) is 5.75 Å². The van der Waals surface area contributed by atoms with E-state index in [1.54, 1.807) is 0 Å². The summed E-state index contributed by atoms with van der Waals surface area (Å²) in [6.45, 7) is 2.26. The maximum Gasteiger partial charge on any atom is 0.144 e. The lowest BCUT2D eigenvalue weighted by Gasteiger charge is -2.29. The second-order valence-electron chi connectivity index (χ2n) is 5.94. The van der Waals surface area contributed by atoms with Crippen LogP contribution in [-0.2, 0) is 4.79 Å². The van der Waals surface area contributed by atoms with E-state index >= 15 is 0 Å². The zero-order valence-corrected chi connectivity index (χ0v) is 12.4. The Labute approximate surface area is 120 Å². The number of rotatable bonds is 3. The van der Waals surface area contributed by atoms with Crippen molar-refractivity contribution in [3.63, 3.8) is 0 Å². The molecule has 19 heavy (non-hydrogen) atoms. The second kappa shape index (κ2) is 5.70. The van der Waals surface area contributed by atoms with Crippen molar-refractivity contribution in [1.82, 2.24) is 0 Å². The van der Waals surface area contributed by atoms with Crippen molar-refractivity contribution in [1.29, 1.82) is 0 Å². The van der Waals surface area contributed by atoms with E-state index < -0.39 is 0 Å². The van der Waals surface area contributed by atoms with Crippen molar-refractivity contribution in [2.24, 2.45) is 11.8 Å². The predicted molar refractivity (Wildman–Crippen MR) is 80.7 cm³/mol. The molecule has 3 rings (SSSR count). The van der Waals surface area contributed by atoms with Gasteiger partial charge in [0.2, 0.25) is 0 Å². The van der Waals surface area contributed by atoms with Crippen LogP contribution in [0.1, 0.15) is 50.5 Å². The van der Waals surface area contributed by atoms with Crippen LogP contribution in [0.4, 0.5) is 0 Å². The third-order valence-electron chi connectivity index (χ3n) is 4.81. The summed E-state index contributed by atoms with van der Waals surface area (Å²) in [4.78, 5) is 14.1. The molecule has 0 bridgehead atoms. The Morgan fingerprint density at radius 3 is 3.00 bits per heavy atom. The van der Waals surface area contributed by atoms with Crippen LogP contribution in [0.2, 0.25) is 0 Å². The van der Waals surface area contributed by atoms with Crippen molar-refractivity contribution in [3.05, 3.63) is 29.8 Å². The van der Waals surface area contributed by atoms with Crippen LogP contribution >= 0.6 is 11.8 Å². The molecule has 2 heteroatoms. The zero-order chi connectivity index (χ0) is 13.2. The van der Waals surface area contributed by atoms with Gasteiger partial charge in [-0.15, -0.1) is 11.8 Å². The van der Waals surface area contributed by atoms with E-state index in [2.05, 4.69) is 31.2 Å². The van der Waals surface area contributed by atoms with Crippen LogP contribution in [0.5, 0.6) is 0 Å². The Balaban J connectivity index is 1.75. The third kappa shape index (κ3) is 2.60. The second-order valence-corrected chi connectivity index (χ2v) is 7.00. The number of Topliss-reactive ketones (excluding diaryl/α,β-unsaturated/α-hetero) is 1. The maximum atomic E-state index is 12.8. The summed E-state index contributed by atoms with van der Waals surface area (Å²) < 4.78 is 0. The van der Waals surface area contributed by atoms with Gasteiger partial charge in [0.25, 0.3) is 0 Å². The van der Waals surface area contributed by atoms with Crippen molar-refractivity contribution >= 4 is 17.5 Å². The summed E-state index contributed by atoms with van der Waals surface area (Å²) in [5.74, 6) is 2.77. The van der Waals surface area contributed by atoms with Crippen LogP contribution < -0.4 is 0 Å². The van der Waals surface area contributed by atoms with Crippen molar-refractivity contribution in [2.45, 2.75) is 49.8 Å². The van der Waals surface area contributed by atoms with Crippen molar-refractivity contribution < 1.29 is 4.79 Å². The van der Waals surface area contributed by atoms with E-state index in [4.69, 9.17) is 0 Å². The molecule has 1 aliphatic heterocycles. The van der Waals surface area contributed by atoms with E-state index in [0.29, 0.717) is 11.7 Å². The summed E-state index contributed by atoms with van der Waals surface area (Å²) in [5, 5.41) is 0. The van der Waals surface area contributed by atoms with E-state index in [0.717, 1.165) is 24.5 Å². The lowest BCUT2D eigenvalue weighted by molar-refractivity contribution is -0.125. The van der Waals surface area contributed by atoms with E-state index in [1.165, 1.54) is 29.7 Å². The van der Waals surface area contributed by atoms with Gasteiger partial charge in [0.05, 0.1) is 5.92 Å². The van der Waals surface area contributed by atoms with Gasteiger partial charge in [0.1, 0.15) is 5.78 Å². The number of ketones is 1. The minimum atomic E-state index is 0.168. The summed E-state index contributed by atoms with van der Waals surface area (Å²) in [6.07, 6.45) is 6.07. The number of thioether (sulfide) groups is 1. The fraction of sp³-hybridized carbons (Fsp3) is 0.588. The molecule has 3 atom stereocenters. The van der Waals surface area contributed by atoms with Gasteiger partial charge in [-0.05, 0) is 30.4 Å². The number of benzene rings is 1. The Bertz CT molecular complexity index is 468. The quantitative estimate of drug-likeness (QED) is 0.797. The van der Waals surface area contributed by atoms with Crippen LogP contribution in [-0.4, -0.2) is 11.5 Å². The molecule has 1 aromatic carbocycles. The fourth-order valence-corrected chi connectivity index (χ4v) is 4.84. The molecule has 1 fully saturated rings. The fourth-order valence-electron chi connectivity index (χ4n) is 3.60. The summed E-state index contributed by atoms with van der Waals surface area (Å²) in [7, 11) is 0. The normalized spacial score (nSPS) is 30.1. The molecule has 0 spiro atoms. The SMILES string of the molecule is CCC1CCCC(C(=O)C2CSc3ccccc32)C1. The predicted octanol–water partition coefficient (Wildman–Crippen LogP) is 4.66. The van der Waals surface area contributed by atoms with Crippen LogP contribution in [0.3, 0.4) is 0 Å². The highest BCUT2D eigenvalue weighted by atomic mass is 32.2. The largest absolute Gasteiger partial charge is 0.299 e. The Kier molecular flexibility index (Phi) is 3.97. The molecule has 0 aromatic heterocycles. The standard InChI is InChI=1S/C17H22OS/c1-2-12-6-5-7-13(10-12)17(18)15-11-19-16-9-4-3-8-14(15)16/h3-4,8-9,12-13,15H,2,5-7,10-11H2,1H3. The van der Waals surface area contributed by atoms with E-state index in [1.807, 2.05) is 11.8 Å². The highest BCUT2D eigenvalue weighted by Gasteiger charge is 2.35. The molecule has 102 valence electrons. The first-order chi connectivity index (χ1) is 9.29. The smallest absolute Gasteiger partial charge is 0.144 e. The molecular formula is C17H22OS. The molecule has 1 heterocycles. The molecular weight excluding hydrogens is 252 g/mol. The summed E-state index contributed by atoms with van der Waals surface area (Å²) >= 11 is 1.85. The van der Waals surface area contributed by atoms with Gasteiger partial charge >= 0.3 is 0 Å². The van der Waals surface area contributed by atoms with Crippen LogP contribution in [0.25, 0.3) is 0 Å². The first-order valence-electron chi connectivity index (χ1n) is 7.55. The van der Waals surface area contributed by atoms with Crippen molar-refractivity contribution in [3.8, 4) is 0 Å². The van der Waals surface area contributed by atoms with Crippen LogP contribution in [0.15, 0.2) is 29.2 Å². The monoisotopic (exact) mass is 274 g/mol. The maximum absolute atomic E-state index is 12.8. The molecule has 1 saturated carbocycles. The first kappa shape index (κ1) is 13.2. The van der Waals surface area contributed by atoms with Gasteiger partial charge in [0, 0.05) is 16.6 Å². The van der Waals surface area contributed by atoms with Gasteiger partial charge in [-0.3, -0.25) is 4.79 Å². The average Bonchev–Trinajstić information content (AvgIpc) is 2.90. The molecule has 0 saturated heterocycles. The summed E-state index contributed by atoms with van der Waals surface area (Å²) in [6, 6.07) is 8.45. The molecule has 3 unspecified atom stereocenters. The Morgan fingerprint density at radius 2 is 2.16 bits per heavy atom. The molecule has 0 N–H and O–H groups in total. The lowest BCUT2D eigenvalue weighted by Crippen LogP contribution is -2.27. The number of carbonyl (C=O) groups is 1. The minimum absolute atomic E-state index is 0.168. The molecule has 1 aliphatic carbocycles. The molecule has 1 aromatic rings. The van der Waals surface area contributed by atoms with Gasteiger partial charge in [-0.2, -0.15) is 0 Å². The van der Waals surface area contributed by atoms with Gasteiger partial charge in [-0.25, -0.2) is 0 Å². The minimum Gasteiger partial charge on any atom is -0.299 e. The summed E-state index contributed by atoms with van der Waals surface area (Å²) in [5.41, 5.74) is 1.29. The van der Waals surface area contributed by atoms with E-state index in [-0.39, 0.29) is 5.92 Å². The van der Waals surface area contributed by atoms with E-state index in [9.17, 15) is 4.79 Å². The molecule has 0 radical (unpaired) electrons. The van der Waals surface area contributed by atoms with Gasteiger partial charge in [-0.1, -0.05) is 44.4 Å².